The molecule has 0 unspecified atom stereocenters. The Bertz CT molecular complexity index is 919. The van der Waals surface area contributed by atoms with E-state index in [-0.39, 0.29) is 21.1 Å². The molecule has 1 saturated carbocycles. The summed E-state index contributed by atoms with van der Waals surface area (Å²) in [5, 5.41) is 0.177. The number of halogens is 3. The molecule has 1 fully saturated rings. The highest BCUT2D eigenvalue weighted by Crippen LogP contribution is 2.32. The molecule has 0 aromatic carbocycles. The second-order valence-electron chi connectivity index (χ2n) is 5.95. The lowest BCUT2D eigenvalue weighted by atomic mass is 9.93. The van der Waals surface area contributed by atoms with Crippen molar-refractivity contribution >= 4 is 27.8 Å². The molecule has 24 heavy (non-hydrogen) atoms. The van der Waals surface area contributed by atoms with Crippen LogP contribution in [0.5, 0.6) is 0 Å². The lowest BCUT2D eigenvalue weighted by Crippen LogP contribution is -2.44. The summed E-state index contributed by atoms with van der Waals surface area (Å²) in [7, 11) is 0. The predicted molar refractivity (Wildman–Crippen MR) is 84.0 cm³/mol. The van der Waals surface area contributed by atoms with Gasteiger partial charge in [0.2, 0.25) is 0 Å². The Morgan fingerprint density at radius 1 is 1.29 bits per heavy atom. The zero-order valence-corrected chi connectivity index (χ0v) is 13.7. The molecule has 0 bridgehead atoms. The van der Waals surface area contributed by atoms with Gasteiger partial charge in [0.25, 0.3) is 5.56 Å². The van der Waals surface area contributed by atoms with Crippen LogP contribution < -0.4 is 11.2 Å². The summed E-state index contributed by atoms with van der Waals surface area (Å²) in [4.78, 5) is 36.9. The van der Waals surface area contributed by atoms with Crippen LogP contribution in [0.2, 0.25) is 0 Å². The molecule has 0 aliphatic heterocycles. The minimum absolute atomic E-state index is 0.143. The lowest BCUT2D eigenvalue weighted by Gasteiger charge is -2.27. The van der Waals surface area contributed by atoms with Gasteiger partial charge in [-0.1, -0.05) is 0 Å². The summed E-state index contributed by atoms with van der Waals surface area (Å²) in [6, 6.07) is -0.273. The molecule has 5 nitrogen and oxygen atoms in total. The summed E-state index contributed by atoms with van der Waals surface area (Å²) in [5.74, 6) is 0. The highest BCUT2D eigenvalue weighted by Gasteiger charge is 2.30. The van der Waals surface area contributed by atoms with E-state index in [2.05, 4.69) is 0 Å². The Kier molecular flexibility index (Phi) is 4.15. The Hall–Kier alpha value is -1.90. The van der Waals surface area contributed by atoms with Gasteiger partial charge in [0.15, 0.2) is 6.29 Å². The standard InChI is InChI=1S/C15H15F3N2O3S/c1-8-10(7-21)24-13-11(8)12(22)20(9-3-2-4-9)14(23)19(13)6-5-15(16,17)18/h7,9H,2-6H2,1H3. The first kappa shape index (κ1) is 16.9. The van der Waals surface area contributed by atoms with Crippen molar-refractivity contribution in [2.24, 2.45) is 0 Å². The summed E-state index contributed by atoms with van der Waals surface area (Å²) in [6.45, 7) is 1.01. The van der Waals surface area contributed by atoms with Gasteiger partial charge in [-0.2, -0.15) is 13.2 Å². The maximum absolute atomic E-state index is 12.7. The third-order valence-electron chi connectivity index (χ3n) is 4.45. The zero-order chi connectivity index (χ0) is 17.6. The van der Waals surface area contributed by atoms with Crippen molar-refractivity contribution in [3.8, 4) is 0 Å². The van der Waals surface area contributed by atoms with Gasteiger partial charge in [-0.05, 0) is 31.7 Å². The Morgan fingerprint density at radius 3 is 2.46 bits per heavy atom. The molecule has 0 saturated heterocycles. The fraction of sp³-hybridized carbons (Fsp3) is 0.533. The number of thiophene rings is 1. The first-order chi connectivity index (χ1) is 11.2. The molecule has 1 aliphatic carbocycles. The van der Waals surface area contributed by atoms with Crippen LogP contribution in [-0.4, -0.2) is 21.6 Å². The van der Waals surface area contributed by atoms with E-state index in [1.165, 1.54) is 0 Å². The molecule has 0 atom stereocenters. The van der Waals surface area contributed by atoms with E-state index < -0.39 is 30.4 Å². The topological polar surface area (TPSA) is 61.1 Å². The summed E-state index contributed by atoms with van der Waals surface area (Å²) >= 11 is 0.890. The smallest absolute Gasteiger partial charge is 0.297 e. The first-order valence-corrected chi connectivity index (χ1v) is 8.36. The third kappa shape index (κ3) is 2.70. The monoisotopic (exact) mass is 360 g/mol. The quantitative estimate of drug-likeness (QED) is 0.788. The maximum atomic E-state index is 12.7. The molecule has 0 radical (unpaired) electrons. The van der Waals surface area contributed by atoms with E-state index in [1.54, 1.807) is 6.92 Å². The van der Waals surface area contributed by atoms with Crippen LogP contribution in [0.15, 0.2) is 9.59 Å². The molecule has 0 spiro atoms. The third-order valence-corrected chi connectivity index (χ3v) is 5.69. The van der Waals surface area contributed by atoms with Gasteiger partial charge in [-0.3, -0.25) is 18.7 Å². The molecule has 2 aromatic rings. The summed E-state index contributed by atoms with van der Waals surface area (Å²) < 4.78 is 39.9. The first-order valence-electron chi connectivity index (χ1n) is 7.55. The van der Waals surface area contributed by atoms with E-state index in [1.807, 2.05) is 0 Å². The molecule has 130 valence electrons. The highest BCUT2D eigenvalue weighted by molar-refractivity contribution is 7.20. The number of aromatic nitrogens is 2. The van der Waals surface area contributed by atoms with Gasteiger partial charge in [0.05, 0.1) is 16.7 Å². The number of aryl methyl sites for hydroxylation is 2. The van der Waals surface area contributed by atoms with Gasteiger partial charge in [-0.25, -0.2) is 4.79 Å². The number of nitrogens with zero attached hydrogens (tertiary/aromatic N) is 2. The van der Waals surface area contributed by atoms with Gasteiger partial charge in [0, 0.05) is 12.6 Å². The number of rotatable bonds is 4. The number of aldehydes is 1. The van der Waals surface area contributed by atoms with Crippen LogP contribution in [0.4, 0.5) is 13.2 Å². The number of carbonyl (C=O) groups is 1. The normalized spacial score (nSPS) is 15.7. The van der Waals surface area contributed by atoms with Crippen LogP contribution in [0.1, 0.15) is 47.0 Å². The van der Waals surface area contributed by atoms with E-state index >= 15 is 0 Å². The van der Waals surface area contributed by atoms with Gasteiger partial charge in [0.1, 0.15) is 4.83 Å². The van der Waals surface area contributed by atoms with E-state index in [0.717, 1.165) is 26.9 Å². The van der Waals surface area contributed by atoms with Crippen LogP contribution in [0.3, 0.4) is 0 Å². The van der Waals surface area contributed by atoms with Crippen molar-refractivity contribution in [3.05, 3.63) is 31.3 Å². The fourth-order valence-corrected chi connectivity index (χ4v) is 4.03. The number of fused-ring (bicyclic) bond motifs is 1. The molecule has 1 aliphatic rings. The van der Waals surface area contributed by atoms with Gasteiger partial charge < -0.3 is 0 Å². The predicted octanol–water partition coefficient (Wildman–Crippen LogP) is 3.02. The van der Waals surface area contributed by atoms with Gasteiger partial charge >= 0.3 is 11.9 Å². The number of hydrogen-bond acceptors (Lipinski definition) is 4. The van der Waals surface area contributed by atoms with E-state index in [4.69, 9.17) is 0 Å². The largest absolute Gasteiger partial charge is 0.390 e. The SMILES string of the molecule is Cc1c(C=O)sc2c1c(=O)n(C1CCC1)c(=O)n2CCC(F)(F)F. The van der Waals surface area contributed by atoms with Crippen LogP contribution in [0.25, 0.3) is 10.2 Å². The molecule has 2 heterocycles. The zero-order valence-electron chi connectivity index (χ0n) is 12.9. The Balaban J connectivity index is 2.29. The number of alkyl halides is 3. The van der Waals surface area contributed by atoms with E-state index in [0.29, 0.717) is 24.7 Å². The summed E-state index contributed by atoms with van der Waals surface area (Å²) in [5.41, 5.74) is -0.811. The molecular formula is C15H15F3N2O3S. The molecule has 2 aromatic heterocycles. The minimum Gasteiger partial charge on any atom is -0.297 e. The second-order valence-corrected chi connectivity index (χ2v) is 6.98. The average molecular weight is 360 g/mol. The highest BCUT2D eigenvalue weighted by atomic mass is 32.1. The Morgan fingerprint density at radius 2 is 1.96 bits per heavy atom. The second kappa shape index (κ2) is 5.87. The van der Waals surface area contributed by atoms with Crippen LogP contribution >= 0.6 is 11.3 Å². The van der Waals surface area contributed by atoms with Crippen molar-refractivity contribution in [1.29, 1.82) is 0 Å². The van der Waals surface area contributed by atoms with Crippen LogP contribution in [-0.2, 0) is 6.54 Å². The van der Waals surface area contributed by atoms with Crippen molar-refractivity contribution in [2.75, 3.05) is 0 Å². The maximum Gasteiger partial charge on any atom is 0.390 e. The van der Waals surface area contributed by atoms with Crippen molar-refractivity contribution in [2.45, 2.75) is 51.4 Å². The fourth-order valence-electron chi connectivity index (χ4n) is 2.90. The summed E-state index contributed by atoms with van der Waals surface area (Å²) in [6.07, 6.45) is -2.83. The number of hydrogen-bond donors (Lipinski definition) is 0. The Labute approximate surface area is 138 Å². The minimum atomic E-state index is -4.41. The van der Waals surface area contributed by atoms with Gasteiger partial charge in [-0.15, -0.1) is 11.3 Å². The van der Waals surface area contributed by atoms with Crippen LogP contribution in [0, 0.1) is 6.92 Å². The molecular weight excluding hydrogens is 345 g/mol. The molecule has 3 rings (SSSR count). The van der Waals surface area contributed by atoms with Crippen molar-refractivity contribution in [3.63, 3.8) is 0 Å². The van der Waals surface area contributed by atoms with Crippen molar-refractivity contribution in [1.82, 2.24) is 9.13 Å². The van der Waals surface area contributed by atoms with E-state index in [9.17, 15) is 27.6 Å². The molecule has 0 amide bonds. The average Bonchev–Trinajstić information content (AvgIpc) is 2.77. The molecule has 0 N–H and O–H groups in total. The van der Waals surface area contributed by atoms with Crippen molar-refractivity contribution < 1.29 is 18.0 Å². The molecule has 9 heteroatoms. The lowest BCUT2D eigenvalue weighted by molar-refractivity contribution is -0.136. The number of carbonyl (C=O) groups excluding carboxylic acids is 1.